The lowest BCUT2D eigenvalue weighted by atomic mass is 10.0. The molecule has 1 unspecified atom stereocenters. The first-order valence-corrected chi connectivity index (χ1v) is 8.55. The van der Waals surface area contributed by atoms with Crippen molar-refractivity contribution in [2.24, 2.45) is 11.1 Å². The van der Waals surface area contributed by atoms with Crippen molar-refractivity contribution in [2.75, 3.05) is 6.54 Å². The summed E-state index contributed by atoms with van der Waals surface area (Å²) in [6.45, 7) is 5.00. The Kier molecular flexibility index (Phi) is 15.9. The smallest absolute Gasteiger partial charge is 0.0814 e. The summed E-state index contributed by atoms with van der Waals surface area (Å²) in [5.74, 6) is 0.764. The van der Waals surface area contributed by atoms with Crippen LogP contribution in [0.3, 0.4) is 0 Å². The zero-order valence-electron chi connectivity index (χ0n) is 14.0. The summed E-state index contributed by atoms with van der Waals surface area (Å²) < 4.78 is 0. The van der Waals surface area contributed by atoms with E-state index in [0.717, 1.165) is 25.2 Å². The molecule has 2 heteroatoms. The van der Waals surface area contributed by atoms with Crippen LogP contribution in [-0.4, -0.2) is 6.54 Å². The number of rotatable bonds is 14. The van der Waals surface area contributed by atoms with E-state index in [1.807, 2.05) is 0 Å². The molecule has 0 heterocycles. The predicted molar refractivity (Wildman–Crippen MR) is 94.5 cm³/mol. The van der Waals surface area contributed by atoms with Crippen LogP contribution in [0.25, 0.3) is 0 Å². The lowest BCUT2D eigenvalue weighted by Crippen LogP contribution is -1.91. The minimum atomic E-state index is 0.435. The van der Waals surface area contributed by atoms with Gasteiger partial charge in [0.2, 0.25) is 0 Å². The van der Waals surface area contributed by atoms with E-state index in [2.05, 4.69) is 55.5 Å². The first-order valence-electron chi connectivity index (χ1n) is 8.55. The molecule has 0 saturated heterocycles. The lowest BCUT2D eigenvalue weighted by Gasteiger charge is -2.05. The van der Waals surface area contributed by atoms with Crippen molar-refractivity contribution in [3.63, 3.8) is 0 Å². The average molecular weight is 291 g/mol. The van der Waals surface area contributed by atoms with Crippen molar-refractivity contribution in [3.05, 3.63) is 41.4 Å². The third-order valence-corrected chi connectivity index (χ3v) is 3.48. The molecule has 0 N–H and O–H groups in total. The number of nitroso groups, excluding NO2 is 1. The molecule has 0 saturated carbocycles. The largest absolute Gasteiger partial charge is 0.151 e. The molecule has 120 valence electrons. The molecule has 0 bridgehead atoms. The first-order chi connectivity index (χ1) is 10.3. The number of nitrogens with zero attached hydrogens (tertiary/aromatic N) is 1. The van der Waals surface area contributed by atoms with E-state index in [9.17, 15) is 4.91 Å². The average Bonchev–Trinajstić information content (AvgIpc) is 2.49. The molecule has 0 aromatic heterocycles. The summed E-state index contributed by atoms with van der Waals surface area (Å²) in [6, 6.07) is 0. The summed E-state index contributed by atoms with van der Waals surface area (Å²) in [7, 11) is 0. The fourth-order valence-electron chi connectivity index (χ4n) is 2.05. The van der Waals surface area contributed by atoms with Crippen molar-refractivity contribution in [1.82, 2.24) is 0 Å². The van der Waals surface area contributed by atoms with Gasteiger partial charge in [0.15, 0.2) is 0 Å². The predicted octanol–water partition coefficient (Wildman–Crippen LogP) is 6.59. The Balaban J connectivity index is 3.46. The molecule has 0 spiro atoms. The summed E-state index contributed by atoms with van der Waals surface area (Å²) in [4.78, 5) is 9.89. The van der Waals surface area contributed by atoms with Crippen LogP contribution in [-0.2, 0) is 0 Å². The maximum absolute atomic E-state index is 9.89. The Labute approximate surface area is 131 Å². The molecule has 0 radical (unpaired) electrons. The minimum Gasteiger partial charge on any atom is -0.151 e. The van der Waals surface area contributed by atoms with Crippen LogP contribution in [0.4, 0.5) is 0 Å². The first kappa shape index (κ1) is 19.8. The van der Waals surface area contributed by atoms with Gasteiger partial charge >= 0.3 is 0 Å². The monoisotopic (exact) mass is 291 g/mol. The second-order valence-electron chi connectivity index (χ2n) is 5.71. The second-order valence-corrected chi connectivity index (χ2v) is 5.71. The Bertz CT molecular complexity index is 305. The highest BCUT2D eigenvalue weighted by Gasteiger charge is 1.96. The Morgan fingerprint density at radius 3 is 2.33 bits per heavy atom. The fraction of sp³-hybridized carbons (Fsp3) is 0.684. The summed E-state index contributed by atoms with van der Waals surface area (Å²) in [6.07, 6.45) is 23.8. The summed E-state index contributed by atoms with van der Waals surface area (Å²) >= 11 is 0. The molecule has 0 aromatic carbocycles. The number of allylic oxidation sites excluding steroid dienone is 6. The third-order valence-electron chi connectivity index (χ3n) is 3.48. The number of unbranched alkanes of at least 4 members (excludes halogenated alkanes) is 3. The Morgan fingerprint density at radius 2 is 1.57 bits per heavy atom. The van der Waals surface area contributed by atoms with Crippen molar-refractivity contribution in [1.29, 1.82) is 0 Å². The Morgan fingerprint density at radius 1 is 0.905 bits per heavy atom. The molecule has 0 rings (SSSR count). The lowest BCUT2D eigenvalue weighted by molar-refractivity contribution is 0.545. The van der Waals surface area contributed by atoms with E-state index >= 15 is 0 Å². The van der Waals surface area contributed by atoms with Gasteiger partial charge in [0.05, 0.1) is 6.54 Å². The molecule has 0 aliphatic heterocycles. The van der Waals surface area contributed by atoms with E-state index in [0.29, 0.717) is 6.54 Å². The van der Waals surface area contributed by atoms with Gasteiger partial charge in [-0.2, -0.15) is 4.91 Å². The van der Waals surface area contributed by atoms with Gasteiger partial charge in [-0.05, 0) is 50.9 Å². The van der Waals surface area contributed by atoms with Crippen LogP contribution in [0.15, 0.2) is 41.6 Å². The molecular weight excluding hydrogens is 258 g/mol. The van der Waals surface area contributed by atoms with Gasteiger partial charge in [-0.1, -0.05) is 68.3 Å². The molecule has 1 atom stereocenters. The highest BCUT2D eigenvalue weighted by Crippen LogP contribution is 2.12. The normalized spacial score (nSPS) is 13.6. The van der Waals surface area contributed by atoms with E-state index in [1.54, 1.807) is 0 Å². The zero-order chi connectivity index (χ0) is 15.6. The van der Waals surface area contributed by atoms with Crippen LogP contribution in [0.2, 0.25) is 0 Å². The fourth-order valence-corrected chi connectivity index (χ4v) is 2.05. The molecule has 21 heavy (non-hydrogen) atoms. The molecule has 0 aliphatic rings. The minimum absolute atomic E-state index is 0.435. The van der Waals surface area contributed by atoms with Crippen LogP contribution >= 0.6 is 0 Å². The van der Waals surface area contributed by atoms with E-state index in [1.165, 1.54) is 38.5 Å². The van der Waals surface area contributed by atoms with Crippen molar-refractivity contribution >= 4 is 0 Å². The topological polar surface area (TPSA) is 29.4 Å². The SMILES string of the molecule is CCCC/C=C\CCC(C)C/C=C\C/C=C\CCCN=O. The molecule has 0 amide bonds. The standard InChI is InChI=1S/C19H33NO/c1-3-4-5-6-10-13-16-19(2)17-14-11-8-7-9-12-15-18-20-21/h6-7,9-11,14,19H,3-5,8,12-13,15-18H2,1-2H3/b9-7-,10-6-,14-11-. The molecule has 0 aromatic rings. The van der Waals surface area contributed by atoms with Crippen molar-refractivity contribution in [3.8, 4) is 0 Å². The molecule has 2 nitrogen and oxygen atoms in total. The maximum atomic E-state index is 9.89. The van der Waals surface area contributed by atoms with E-state index in [-0.39, 0.29) is 0 Å². The second kappa shape index (κ2) is 16.9. The van der Waals surface area contributed by atoms with Gasteiger partial charge in [-0.3, -0.25) is 0 Å². The van der Waals surface area contributed by atoms with Gasteiger partial charge in [-0.15, -0.1) is 0 Å². The Hall–Kier alpha value is -1.18. The highest BCUT2D eigenvalue weighted by atomic mass is 16.3. The van der Waals surface area contributed by atoms with Gasteiger partial charge < -0.3 is 0 Å². The van der Waals surface area contributed by atoms with E-state index in [4.69, 9.17) is 0 Å². The quantitative estimate of drug-likeness (QED) is 0.202. The van der Waals surface area contributed by atoms with Crippen LogP contribution < -0.4 is 0 Å². The molecule has 0 aliphatic carbocycles. The maximum Gasteiger partial charge on any atom is 0.0814 e. The highest BCUT2D eigenvalue weighted by molar-refractivity contribution is 4.93. The van der Waals surface area contributed by atoms with Crippen molar-refractivity contribution in [2.45, 2.75) is 71.6 Å². The van der Waals surface area contributed by atoms with Gasteiger partial charge in [0.1, 0.15) is 0 Å². The molecule has 0 fully saturated rings. The summed E-state index contributed by atoms with van der Waals surface area (Å²) in [5.41, 5.74) is 0. The van der Waals surface area contributed by atoms with Crippen molar-refractivity contribution < 1.29 is 0 Å². The van der Waals surface area contributed by atoms with Crippen LogP contribution in [0, 0.1) is 10.8 Å². The van der Waals surface area contributed by atoms with E-state index < -0.39 is 0 Å². The third kappa shape index (κ3) is 16.8. The number of hydrogen-bond acceptors (Lipinski definition) is 2. The summed E-state index contributed by atoms with van der Waals surface area (Å²) in [5, 5.41) is 2.84. The van der Waals surface area contributed by atoms with Gasteiger partial charge in [-0.25, -0.2) is 0 Å². The molecular formula is C19H33NO. The zero-order valence-corrected chi connectivity index (χ0v) is 14.0. The number of hydrogen-bond donors (Lipinski definition) is 0. The van der Waals surface area contributed by atoms with Gasteiger partial charge in [0, 0.05) is 0 Å². The van der Waals surface area contributed by atoms with Crippen LogP contribution in [0.5, 0.6) is 0 Å². The van der Waals surface area contributed by atoms with Crippen LogP contribution in [0.1, 0.15) is 71.6 Å². The van der Waals surface area contributed by atoms with Gasteiger partial charge in [0.25, 0.3) is 0 Å².